The lowest BCUT2D eigenvalue weighted by molar-refractivity contribution is 0.205. The van der Waals surface area contributed by atoms with Gasteiger partial charge in [0.25, 0.3) is 0 Å². The normalized spacial score (nSPS) is 11.9. The number of rotatable bonds is 6. The summed E-state index contributed by atoms with van der Waals surface area (Å²) in [5, 5.41) is 10.2. The van der Waals surface area contributed by atoms with E-state index in [0.29, 0.717) is 11.6 Å². The van der Waals surface area contributed by atoms with Gasteiger partial charge in [0.15, 0.2) is 0 Å². The third-order valence-electron chi connectivity index (χ3n) is 3.07. The number of halogens is 1. The number of aliphatic hydroxyl groups excluding tert-OH is 1. The Morgan fingerprint density at radius 3 is 2.15 bits per heavy atom. The lowest BCUT2D eigenvalue weighted by Gasteiger charge is -2.16. The minimum Gasteiger partial charge on any atom is -0.497 e. The fourth-order valence-corrected chi connectivity index (χ4v) is 1.98. The highest BCUT2D eigenvalue weighted by Crippen LogP contribution is 2.22. The van der Waals surface area contributed by atoms with Crippen LogP contribution in [0.5, 0.6) is 11.5 Å². The summed E-state index contributed by atoms with van der Waals surface area (Å²) in [7, 11) is 1.63. The molecule has 0 spiro atoms. The Morgan fingerprint density at radius 2 is 1.60 bits per heavy atom. The first-order chi connectivity index (χ1) is 9.72. The van der Waals surface area contributed by atoms with Gasteiger partial charge in [0, 0.05) is 10.9 Å². The van der Waals surface area contributed by atoms with Gasteiger partial charge >= 0.3 is 0 Å². The molecule has 1 atom stereocenters. The van der Waals surface area contributed by atoms with Crippen LogP contribution in [0.4, 0.5) is 0 Å². The first-order valence-corrected chi connectivity index (χ1v) is 6.74. The predicted octanol–water partition coefficient (Wildman–Crippen LogP) is 3.50. The van der Waals surface area contributed by atoms with Gasteiger partial charge in [-0.25, -0.2) is 0 Å². The fraction of sp³-hybridized carbons (Fsp3) is 0.250. The maximum Gasteiger partial charge on any atom is 0.119 e. The number of aliphatic hydroxyl groups is 1. The van der Waals surface area contributed by atoms with E-state index >= 15 is 0 Å². The number of benzene rings is 2. The SMILES string of the molecule is COc1ccc(C(CO)COc2ccc(Cl)cc2)cc1. The van der Waals surface area contributed by atoms with Crippen molar-refractivity contribution in [2.75, 3.05) is 20.3 Å². The average Bonchev–Trinajstić information content (AvgIpc) is 2.50. The summed E-state index contributed by atoms with van der Waals surface area (Å²) in [6, 6.07) is 14.8. The van der Waals surface area contributed by atoms with Gasteiger partial charge in [-0.05, 0) is 42.0 Å². The Kier molecular flexibility index (Phi) is 5.27. The molecular formula is C16H17ClO3. The van der Waals surface area contributed by atoms with E-state index in [-0.39, 0.29) is 12.5 Å². The van der Waals surface area contributed by atoms with Crippen LogP contribution in [0.2, 0.25) is 5.02 Å². The minimum absolute atomic E-state index is 0.0277. The van der Waals surface area contributed by atoms with Crippen molar-refractivity contribution in [3.05, 3.63) is 59.1 Å². The summed E-state index contributed by atoms with van der Waals surface area (Å²) in [6.45, 7) is 0.435. The smallest absolute Gasteiger partial charge is 0.119 e. The van der Waals surface area contributed by atoms with Crippen LogP contribution in [0.15, 0.2) is 48.5 Å². The predicted molar refractivity (Wildman–Crippen MR) is 79.8 cm³/mol. The topological polar surface area (TPSA) is 38.7 Å². The standard InChI is InChI=1S/C16H17ClO3/c1-19-15-6-2-12(3-7-15)13(10-18)11-20-16-8-4-14(17)5-9-16/h2-9,13,18H,10-11H2,1H3. The van der Waals surface area contributed by atoms with Crippen LogP contribution in [-0.2, 0) is 0 Å². The zero-order valence-electron chi connectivity index (χ0n) is 11.3. The Bertz CT molecular complexity index is 522. The molecule has 0 radical (unpaired) electrons. The lowest BCUT2D eigenvalue weighted by Crippen LogP contribution is -2.14. The molecule has 1 unspecified atom stereocenters. The summed E-state index contributed by atoms with van der Waals surface area (Å²) < 4.78 is 10.8. The van der Waals surface area contributed by atoms with Gasteiger partial charge in [0.2, 0.25) is 0 Å². The number of ether oxygens (including phenoxy) is 2. The Hall–Kier alpha value is -1.71. The van der Waals surface area contributed by atoms with Gasteiger partial charge < -0.3 is 14.6 Å². The van der Waals surface area contributed by atoms with Gasteiger partial charge in [-0.15, -0.1) is 0 Å². The third-order valence-corrected chi connectivity index (χ3v) is 3.32. The molecule has 0 bridgehead atoms. The Balaban J connectivity index is 1.99. The minimum atomic E-state index is -0.0726. The highest BCUT2D eigenvalue weighted by molar-refractivity contribution is 6.30. The van der Waals surface area contributed by atoms with Gasteiger partial charge in [-0.1, -0.05) is 23.7 Å². The molecule has 0 aliphatic carbocycles. The van der Waals surface area contributed by atoms with Crippen LogP contribution in [0.1, 0.15) is 11.5 Å². The molecule has 20 heavy (non-hydrogen) atoms. The second kappa shape index (κ2) is 7.17. The van der Waals surface area contributed by atoms with E-state index in [1.54, 1.807) is 19.2 Å². The summed E-state index contributed by atoms with van der Waals surface area (Å²) in [5.41, 5.74) is 1.02. The summed E-state index contributed by atoms with van der Waals surface area (Å²) in [4.78, 5) is 0. The van der Waals surface area contributed by atoms with E-state index in [2.05, 4.69) is 0 Å². The van der Waals surface area contributed by atoms with Crippen molar-refractivity contribution in [3.8, 4) is 11.5 Å². The molecule has 0 fully saturated rings. The van der Waals surface area contributed by atoms with Gasteiger partial charge in [0.1, 0.15) is 11.5 Å². The number of hydrogen-bond donors (Lipinski definition) is 1. The summed E-state index contributed by atoms with van der Waals surface area (Å²) in [6.07, 6.45) is 0. The largest absolute Gasteiger partial charge is 0.497 e. The molecule has 0 saturated heterocycles. The number of hydrogen-bond acceptors (Lipinski definition) is 3. The Morgan fingerprint density at radius 1 is 1.00 bits per heavy atom. The van der Waals surface area contributed by atoms with E-state index in [0.717, 1.165) is 17.1 Å². The van der Waals surface area contributed by atoms with Crippen molar-refractivity contribution in [2.45, 2.75) is 5.92 Å². The monoisotopic (exact) mass is 292 g/mol. The molecule has 2 rings (SSSR count). The molecule has 2 aromatic rings. The van der Waals surface area contributed by atoms with E-state index in [1.165, 1.54) is 0 Å². The molecule has 4 heteroatoms. The van der Waals surface area contributed by atoms with Gasteiger partial charge in [0.05, 0.1) is 20.3 Å². The van der Waals surface area contributed by atoms with E-state index < -0.39 is 0 Å². The molecule has 0 aliphatic heterocycles. The molecule has 0 heterocycles. The fourth-order valence-electron chi connectivity index (χ4n) is 1.86. The maximum atomic E-state index is 9.50. The van der Waals surface area contributed by atoms with Crippen LogP contribution in [0.25, 0.3) is 0 Å². The zero-order chi connectivity index (χ0) is 14.4. The van der Waals surface area contributed by atoms with E-state index in [4.69, 9.17) is 21.1 Å². The molecule has 3 nitrogen and oxygen atoms in total. The molecule has 0 aromatic heterocycles. The highest BCUT2D eigenvalue weighted by Gasteiger charge is 2.11. The maximum absolute atomic E-state index is 9.50. The van der Waals surface area contributed by atoms with Crippen molar-refractivity contribution in [1.29, 1.82) is 0 Å². The highest BCUT2D eigenvalue weighted by atomic mass is 35.5. The van der Waals surface area contributed by atoms with Crippen molar-refractivity contribution < 1.29 is 14.6 Å². The third kappa shape index (κ3) is 3.89. The van der Waals surface area contributed by atoms with Crippen LogP contribution >= 0.6 is 11.6 Å². The average molecular weight is 293 g/mol. The van der Waals surface area contributed by atoms with Crippen molar-refractivity contribution >= 4 is 11.6 Å². The molecule has 0 amide bonds. The molecule has 106 valence electrons. The van der Waals surface area contributed by atoms with E-state index in [1.807, 2.05) is 36.4 Å². The molecule has 0 saturated carbocycles. The van der Waals surface area contributed by atoms with Crippen LogP contribution in [0.3, 0.4) is 0 Å². The second-order valence-electron chi connectivity index (χ2n) is 4.42. The van der Waals surface area contributed by atoms with E-state index in [9.17, 15) is 5.11 Å². The van der Waals surface area contributed by atoms with Crippen LogP contribution in [0, 0.1) is 0 Å². The van der Waals surface area contributed by atoms with Crippen molar-refractivity contribution in [1.82, 2.24) is 0 Å². The molecule has 0 aliphatic rings. The quantitative estimate of drug-likeness (QED) is 0.885. The molecular weight excluding hydrogens is 276 g/mol. The summed E-state index contributed by atoms with van der Waals surface area (Å²) in [5.74, 6) is 1.46. The van der Waals surface area contributed by atoms with Crippen molar-refractivity contribution in [3.63, 3.8) is 0 Å². The molecule has 2 aromatic carbocycles. The van der Waals surface area contributed by atoms with Crippen molar-refractivity contribution in [2.24, 2.45) is 0 Å². The zero-order valence-corrected chi connectivity index (χ0v) is 12.0. The Labute approximate surface area is 123 Å². The van der Waals surface area contributed by atoms with Gasteiger partial charge in [-0.3, -0.25) is 0 Å². The number of methoxy groups -OCH3 is 1. The first-order valence-electron chi connectivity index (χ1n) is 6.36. The van der Waals surface area contributed by atoms with Crippen LogP contribution in [-0.4, -0.2) is 25.4 Å². The summed E-state index contributed by atoms with van der Waals surface area (Å²) >= 11 is 5.82. The van der Waals surface area contributed by atoms with Gasteiger partial charge in [-0.2, -0.15) is 0 Å². The molecule has 1 N–H and O–H groups in total. The second-order valence-corrected chi connectivity index (χ2v) is 4.85. The lowest BCUT2D eigenvalue weighted by atomic mass is 10.0. The first kappa shape index (κ1) is 14.7. The van der Waals surface area contributed by atoms with Crippen LogP contribution < -0.4 is 9.47 Å².